The molecule has 0 bridgehead atoms. The van der Waals surface area contributed by atoms with Gasteiger partial charge in [0.1, 0.15) is 17.7 Å². The molecular weight excluding hydrogens is 645 g/mol. The number of pyridine rings is 1. The van der Waals surface area contributed by atoms with Crippen LogP contribution in [0.1, 0.15) is 61.6 Å². The molecule has 4 rings (SSSR count). The Morgan fingerprint density at radius 1 is 0.979 bits per heavy atom. The number of ketones is 1. The number of nitriles is 1. The van der Waals surface area contributed by atoms with Gasteiger partial charge in [-0.2, -0.15) is 31.6 Å². The molecule has 2 N–H and O–H groups in total. The van der Waals surface area contributed by atoms with Gasteiger partial charge in [-0.25, -0.2) is 9.37 Å². The summed E-state index contributed by atoms with van der Waals surface area (Å²) in [4.78, 5) is 31.4. The molecule has 2 heterocycles. The Hall–Kier alpha value is -4.67. The normalized spacial score (nSPS) is 15.2. The molecule has 1 unspecified atom stereocenters. The van der Waals surface area contributed by atoms with Crippen LogP contribution >= 0.6 is 0 Å². The molecule has 1 fully saturated rings. The molecule has 1 aliphatic rings. The summed E-state index contributed by atoms with van der Waals surface area (Å²) in [6, 6.07) is 8.59. The van der Waals surface area contributed by atoms with E-state index in [0.717, 1.165) is 0 Å². The number of nitrogens with zero attached hydrogens (tertiary/aromatic N) is 3. The smallest absolute Gasteiger partial charge is 0.416 e. The first-order valence-corrected chi connectivity index (χ1v) is 15.0. The summed E-state index contributed by atoms with van der Waals surface area (Å²) in [5.74, 6) is -2.42. The standard InChI is InChI=1S/C34H33F7N4O3/c1-18-11-24(35)5-6-25(18)26-15-29(45-9-7-20(8-10-45)19(2)31(47)48)44-27(16-42)30(26)43-17-28(46)32(3,4)21-12-22(33(36,37)38)14-23(13-21)34(39,40)41/h5-6,11-15,19-20,43H,7-10,17H2,1-4H3,(H,47,48). The first kappa shape index (κ1) is 36.2. The zero-order chi connectivity index (χ0) is 35.8. The van der Waals surface area contributed by atoms with Crippen molar-refractivity contribution in [3.8, 4) is 17.2 Å². The number of hydrogen-bond donors (Lipinski definition) is 2. The maximum Gasteiger partial charge on any atom is 0.416 e. The Morgan fingerprint density at radius 2 is 1.54 bits per heavy atom. The van der Waals surface area contributed by atoms with Gasteiger partial charge in [0.2, 0.25) is 0 Å². The summed E-state index contributed by atoms with van der Waals surface area (Å²) in [5.41, 5.74) is -4.22. The predicted octanol–water partition coefficient (Wildman–Crippen LogP) is 8.00. The summed E-state index contributed by atoms with van der Waals surface area (Å²) in [5, 5.41) is 22.4. The number of piperidine rings is 1. The van der Waals surface area contributed by atoms with Gasteiger partial charge in [0.05, 0.1) is 34.7 Å². The van der Waals surface area contributed by atoms with Gasteiger partial charge in [-0.3, -0.25) is 9.59 Å². The van der Waals surface area contributed by atoms with Crippen LogP contribution in [-0.4, -0.2) is 41.5 Å². The second-order valence-corrected chi connectivity index (χ2v) is 12.5. The lowest BCUT2D eigenvalue weighted by atomic mass is 9.79. The number of aromatic nitrogens is 1. The van der Waals surface area contributed by atoms with E-state index in [9.17, 15) is 50.7 Å². The minimum absolute atomic E-state index is 0.0126. The Morgan fingerprint density at radius 3 is 2.04 bits per heavy atom. The van der Waals surface area contributed by atoms with Crippen molar-refractivity contribution in [2.45, 2.75) is 58.3 Å². The van der Waals surface area contributed by atoms with Crippen LogP contribution in [0.15, 0.2) is 42.5 Å². The number of carboxylic acid groups (broad SMARTS) is 1. The average molecular weight is 679 g/mol. The first-order valence-electron chi connectivity index (χ1n) is 15.0. The number of carbonyl (C=O) groups excluding carboxylic acids is 1. The SMILES string of the molecule is Cc1cc(F)ccc1-c1cc(N2CCC(C(C)C(=O)O)CC2)nc(C#N)c1NCC(=O)C(C)(C)c1cc(C(F)(F)F)cc(C(F)(F)F)c1. The van der Waals surface area contributed by atoms with E-state index in [0.29, 0.717) is 60.6 Å². The maximum absolute atomic E-state index is 14.1. The highest BCUT2D eigenvalue weighted by molar-refractivity contribution is 5.94. The van der Waals surface area contributed by atoms with Crippen LogP contribution in [-0.2, 0) is 27.4 Å². The monoisotopic (exact) mass is 678 g/mol. The topological polar surface area (TPSA) is 106 Å². The molecule has 0 saturated carbocycles. The number of anilines is 2. The fourth-order valence-electron chi connectivity index (χ4n) is 5.79. The van der Waals surface area contributed by atoms with Crippen LogP contribution in [0, 0.1) is 35.9 Å². The van der Waals surface area contributed by atoms with E-state index in [2.05, 4.69) is 10.3 Å². The van der Waals surface area contributed by atoms with Gasteiger partial charge in [-0.1, -0.05) is 13.0 Å². The van der Waals surface area contributed by atoms with Crippen molar-refractivity contribution in [1.29, 1.82) is 5.26 Å². The van der Waals surface area contributed by atoms with Crippen LogP contribution in [0.25, 0.3) is 11.1 Å². The van der Waals surface area contributed by atoms with E-state index in [1.165, 1.54) is 32.0 Å². The zero-order valence-corrected chi connectivity index (χ0v) is 26.5. The summed E-state index contributed by atoms with van der Waals surface area (Å²) in [6.07, 6.45) is -9.10. The number of halogens is 7. The van der Waals surface area contributed by atoms with E-state index < -0.39 is 64.5 Å². The third-order valence-electron chi connectivity index (χ3n) is 8.98. The number of rotatable bonds is 9. The molecule has 7 nitrogen and oxygen atoms in total. The van der Waals surface area contributed by atoms with E-state index in [1.807, 2.05) is 11.0 Å². The van der Waals surface area contributed by atoms with Gasteiger partial charge in [0.25, 0.3) is 0 Å². The molecule has 48 heavy (non-hydrogen) atoms. The average Bonchev–Trinajstić information content (AvgIpc) is 3.01. The van der Waals surface area contributed by atoms with Crippen molar-refractivity contribution in [3.63, 3.8) is 0 Å². The van der Waals surface area contributed by atoms with Crippen molar-refractivity contribution in [2.24, 2.45) is 11.8 Å². The Labute approximate surface area is 272 Å². The zero-order valence-electron chi connectivity index (χ0n) is 26.5. The number of Topliss-reactive ketones (excluding diaryl/α,β-unsaturated/α-hetero) is 1. The van der Waals surface area contributed by atoms with Gasteiger partial charge < -0.3 is 15.3 Å². The number of carbonyl (C=O) groups is 2. The van der Waals surface area contributed by atoms with E-state index >= 15 is 0 Å². The Kier molecular flexibility index (Phi) is 10.1. The maximum atomic E-state index is 14.1. The molecule has 1 aliphatic heterocycles. The molecule has 256 valence electrons. The minimum atomic E-state index is -5.10. The number of benzene rings is 2. The number of hydrogen-bond acceptors (Lipinski definition) is 6. The van der Waals surface area contributed by atoms with Crippen LogP contribution < -0.4 is 10.2 Å². The van der Waals surface area contributed by atoms with Crippen molar-refractivity contribution in [2.75, 3.05) is 29.9 Å². The highest BCUT2D eigenvalue weighted by Crippen LogP contribution is 2.40. The van der Waals surface area contributed by atoms with Crippen molar-refractivity contribution < 1.29 is 45.4 Å². The number of carboxylic acids is 1. The first-order chi connectivity index (χ1) is 22.2. The summed E-state index contributed by atoms with van der Waals surface area (Å²) >= 11 is 0. The number of alkyl halides is 6. The molecule has 1 saturated heterocycles. The van der Waals surface area contributed by atoms with Gasteiger partial charge in [-0.05, 0) is 92.6 Å². The van der Waals surface area contributed by atoms with E-state index in [4.69, 9.17) is 0 Å². The highest BCUT2D eigenvalue weighted by Gasteiger charge is 2.40. The fraction of sp³-hybridized carbons (Fsp3) is 0.412. The molecule has 1 aromatic heterocycles. The Balaban J connectivity index is 1.72. The molecular formula is C34H33F7N4O3. The number of aliphatic carboxylic acids is 1. The van der Waals surface area contributed by atoms with Gasteiger partial charge in [0.15, 0.2) is 11.5 Å². The molecule has 3 aromatic rings. The molecule has 0 spiro atoms. The predicted molar refractivity (Wildman–Crippen MR) is 164 cm³/mol. The summed E-state index contributed by atoms with van der Waals surface area (Å²) < 4.78 is 95.3. The largest absolute Gasteiger partial charge is 0.481 e. The summed E-state index contributed by atoms with van der Waals surface area (Å²) in [7, 11) is 0. The highest BCUT2D eigenvalue weighted by atomic mass is 19.4. The molecule has 0 radical (unpaired) electrons. The van der Waals surface area contributed by atoms with Crippen LogP contribution in [0.5, 0.6) is 0 Å². The minimum Gasteiger partial charge on any atom is -0.481 e. The van der Waals surface area contributed by atoms with Gasteiger partial charge >= 0.3 is 18.3 Å². The Bertz CT molecular complexity index is 1720. The number of nitrogens with one attached hydrogen (secondary N) is 1. The summed E-state index contributed by atoms with van der Waals surface area (Å²) in [6.45, 7) is 5.98. The van der Waals surface area contributed by atoms with Crippen LogP contribution in [0.2, 0.25) is 0 Å². The van der Waals surface area contributed by atoms with Crippen LogP contribution in [0.3, 0.4) is 0 Å². The number of aryl methyl sites for hydroxylation is 1. The molecule has 0 aliphatic carbocycles. The molecule has 0 amide bonds. The third kappa shape index (κ3) is 7.72. The lowest BCUT2D eigenvalue weighted by Crippen LogP contribution is -2.38. The molecule has 14 heteroatoms. The molecule has 1 atom stereocenters. The lowest BCUT2D eigenvalue weighted by molar-refractivity contribution is -0.144. The fourth-order valence-corrected chi connectivity index (χ4v) is 5.79. The van der Waals surface area contributed by atoms with Crippen molar-refractivity contribution in [1.82, 2.24) is 4.98 Å². The second-order valence-electron chi connectivity index (χ2n) is 12.5. The van der Waals surface area contributed by atoms with Crippen LogP contribution in [0.4, 0.5) is 42.2 Å². The second kappa shape index (κ2) is 13.4. The third-order valence-corrected chi connectivity index (χ3v) is 8.98. The van der Waals surface area contributed by atoms with E-state index in [1.54, 1.807) is 19.9 Å². The quantitative estimate of drug-likeness (QED) is 0.221. The van der Waals surface area contributed by atoms with Gasteiger partial charge in [0, 0.05) is 18.7 Å². The van der Waals surface area contributed by atoms with Crippen molar-refractivity contribution >= 4 is 23.3 Å². The van der Waals surface area contributed by atoms with E-state index in [-0.39, 0.29) is 23.4 Å². The molecule has 2 aromatic carbocycles. The van der Waals surface area contributed by atoms with Gasteiger partial charge in [-0.15, -0.1) is 0 Å². The van der Waals surface area contributed by atoms with Crippen molar-refractivity contribution in [3.05, 3.63) is 76.2 Å². The lowest BCUT2D eigenvalue weighted by Gasteiger charge is -2.35.